The van der Waals surface area contributed by atoms with Gasteiger partial charge in [-0.05, 0) is 19.1 Å². The van der Waals surface area contributed by atoms with Crippen molar-refractivity contribution in [3.63, 3.8) is 0 Å². The Hall–Kier alpha value is -1.95. The Morgan fingerprint density at radius 3 is 2.76 bits per heavy atom. The van der Waals surface area contributed by atoms with E-state index in [1.54, 1.807) is 19.4 Å². The molecule has 0 spiro atoms. The zero-order valence-electron chi connectivity index (χ0n) is 12.3. The summed E-state index contributed by atoms with van der Waals surface area (Å²) in [6.07, 6.45) is 1.64. The van der Waals surface area contributed by atoms with E-state index in [9.17, 15) is 9.00 Å². The molecule has 0 aliphatic heterocycles. The lowest BCUT2D eigenvalue weighted by molar-refractivity contribution is 0.0955. The third kappa shape index (κ3) is 3.58. The Balaban J connectivity index is 2.31. The number of carbonyl (C=O) groups is 1. The molecule has 0 saturated carbocycles. The summed E-state index contributed by atoms with van der Waals surface area (Å²) >= 11 is 0. The second-order valence-corrected chi connectivity index (χ2v) is 6.64. The van der Waals surface area contributed by atoms with Crippen molar-refractivity contribution in [2.24, 2.45) is 0 Å². The lowest BCUT2D eigenvalue weighted by Crippen LogP contribution is -2.32. The number of anilines is 1. The van der Waals surface area contributed by atoms with Gasteiger partial charge in [-0.2, -0.15) is 0 Å². The second kappa shape index (κ2) is 6.67. The standard InChI is InChI=1S/C15H19N3O2S/c1-10(21(3)20)9-17-15(19)12-8-14(16-2)18-13-7-5-4-6-11(12)13/h4-8,10H,9H2,1-3H3,(H,16,18)(H,17,19). The molecule has 0 saturated heterocycles. The summed E-state index contributed by atoms with van der Waals surface area (Å²) in [4.78, 5) is 16.8. The van der Waals surface area contributed by atoms with Crippen molar-refractivity contribution in [1.29, 1.82) is 0 Å². The van der Waals surface area contributed by atoms with Crippen LogP contribution in [-0.4, -0.2) is 40.2 Å². The summed E-state index contributed by atoms with van der Waals surface area (Å²) in [7, 11) is 0.809. The van der Waals surface area contributed by atoms with Gasteiger partial charge in [0.25, 0.3) is 5.91 Å². The van der Waals surface area contributed by atoms with Crippen molar-refractivity contribution in [2.75, 3.05) is 25.2 Å². The van der Waals surface area contributed by atoms with E-state index in [-0.39, 0.29) is 11.2 Å². The van der Waals surface area contributed by atoms with Gasteiger partial charge in [0.2, 0.25) is 0 Å². The van der Waals surface area contributed by atoms with Crippen molar-refractivity contribution < 1.29 is 9.00 Å². The summed E-state index contributed by atoms with van der Waals surface area (Å²) in [5, 5.41) is 6.52. The van der Waals surface area contributed by atoms with E-state index in [1.165, 1.54) is 0 Å². The molecule has 2 rings (SSSR count). The fourth-order valence-corrected chi connectivity index (χ4v) is 2.26. The van der Waals surface area contributed by atoms with Crippen molar-refractivity contribution in [1.82, 2.24) is 10.3 Å². The predicted octanol–water partition coefficient (Wildman–Crippen LogP) is 1.77. The van der Waals surface area contributed by atoms with Crippen LogP contribution in [0.15, 0.2) is 30.3 Å². The van der Waals surface area contributed by atoms with E-state index in [0.29, 0.717) is 17.9 Å². The van der Waals surface area contributed by atoms with Crippen LogP contribution in [0, 0.1) is 0 Å². The molecule has 21 heavy (non-hydrogen) atoms. The Morgan fingerprint density at radius 1 is 1.38 bits per heavy atom. The number of fused-ring (bicyclic) bond motifs is 1. The van der Waals surface area contributed by atoms with Crippen LogP contribution in [0.2, 0.25) is 0 Å². The van der Waals surface area contributed by atoms with E-state index in [4.69, 9.17) is 0 Å². The topological polar surface area (TPSA) is 71.1 Å². The quantitative estimate of drug-likeness (QED) is 0.883. The Bertz CT molecular complexity index is 688. The molecule has 0 radical (unpaired) electrons. The van der Waals surface area contributed by atoms with Crippen LogP contribution in [0.5, 0.6) is 0 Å². The molecule has 112 valence electrons. The van der Waals surface area contributed by atoms with Crippen molar-refractivity contribution in [3.05, 3.63) is 35.9 Å². The maximum Gasteiger partial charge on any atom is 0.252 e. The molecular formula is C15H19N3O2S. The first kappa shape index (κ1) is 15.4. The summed E-state index contributed by atoms with van der Waals surface area (Å²) in [5.74, 6) is 0.466. The van der Waals surface area contributed by atoms with Gasteiger partial charge in [-0.25, -0.2) is 4.98 Å². The Labute approximate surface area is 126 Å². The van der Waals surface area contributed by atoms with Crippen LogP contribution < -0.4 is 10.6 Å². The van der Waals surface area contributed by atoms with Crippen molar-refractivity contribution in [3.8, 4) is 0 Å². The molecule has 2 aromatic rings. The normalized spacial score (nSPS) is 13.7. The molecule has 6 heteroatoms. The molecule has 1 aromatic heterocycles. The summed E-state index contributed by atoms with van der Waals surface area (Å²) < 4.78 is 11.3. The fraction of sp³-hybridized carbons (Fsp3) is 0.333. The number of hydrogen-bond donors (Lipinski definition) is 2. The van der Waals surface area contributed by atoms with E-state index in [1.807, 2.05) is 31.2 Å². The zero-order valence-corrected chi connectivity index (χ0v) is 13.2. The molecule has 2 unspecified atom stereocenters. The Morgan fingerprint density at radius 2 is 2.10 bits per heavy atom. The highest BCUT2D eigenvalue weighted by Crippen LogP contribution is 2.20. The predicted molar refractivity (Wildman–Crippen MR) is 87.2 cm³/mol. The molecule has 2 N–H and O–H groups in total. The molecular weight excluding hydrogens is 286 g/mol. The zero-order chi connectivity index (χ0) is 15.4. The van der Waals surface area contributed by atoms with Gasteiger partial charge in [0.05, 0.1) is 11.1 Å². The Kier molecular flexibility index (Phi) is 4.90. The highest BCUT2D eigenvalue weighted by Gasteiger charge is 2.14. The molecule has 1 aromatic carbocycles. The largest absolute Gasteiger partial charge is 0.373 e. The van der Waals surface area contributed by atoms with Crippen molar-refractivity contribution in [2.45, 2.75) is 12.2 Å². The van der Waals surface area contributed by atoms with Gasteiger partial charge in [-0.1, -0.05) is 18.2 Å². The van der Waals surface area contributed by atoms with Gasteiger partial charge in [0.15, 0.2) is 0 Å². The van der Waals surface area contributed by atoms with E-state index < -0.39 is 10.8 Å². The third-order valence-electron chi connectivity index (χ3n) is 3.33. The van der Waals surface area contributed by atoms with Crippen LogP contribution >= 0.6 is 0 Å². The summed E-state index contributed by atoms with van der Waals surface area (Å²) in [6.45, 7) is 2.23. The van der Waals surface area contributed by atoms with Crippen LogP contribution in [0.1, 0.15) is 17.3 Å². The average Bonchev–Trinajstić information content (AvgIpc) is 2.50. The first-order valence-corrected chi connectivity index (χ1v) is 8.33. The molecule has 1 heterocycles. The average molecular weight is 305 g/mol. The third-order valence-corrected chi connectivity index (χ3v) is 4.63. The smallest absolute Gasteiger partial charge is 0.252 e. The maximum atomic E-state index is 12.4. The molecule has 1 amide bonds. The van der Waals surface area contributed by atoms with Gasteiger partial charge in [0.1, 0.15) is 5.82 Å². The minimum absolute atomic E-state index is 0.0779. The van der Waals surface area contributed by atoms with Gasteiger partial charge >= 0.3 is 0 Å². The van der Waals surface area contributed by atoms with E-state index in [2.05, 4.69) is 15.6 Å². The maximum absolute atomic E-state index is 12.4. The second-order valence-electron chi connectivity index (χ2n) is 4.84. The fourth-order valence-electron chi connectivity index (χ4n) is 1.94. The number of hydrogen-bond acceptors (Lipinski definition) is 4. The molecule has 0 aliphatic rings. The highest BCUT2D eigenvalue weighted by molar-refractivity contribution is 7.84. The number of aromatic nitrogens is 1. The van der Waals surface area contributed by atoms with E-state index in [0.717, 1.165) is 10.9 Å². The van der Waals surface area contributed by atoms with Crippen molar-refractivity contribution >= 4 is 33.4 Å². The molecule has 2 atom stereocenters. The minimum atomic E-state index is -0.956. The summed E-state index contributed by atoms with van der Waals surface area (Å²) in [5.41, 5.74) is 1.33. The molecule has 0 fully saturated rings. The SMILES string of the molecule is CNc1cc(C(=O)NCC(C)S(C)=O)c2ccccc2n1. The first-order valence-electron chi connectivity index (χ1n) is 6.71. The van der Waals surface area contributed by atoms with Crippen LogP contribution in [0.25, 0.3) is 10.9 Å². The monoisotopic (exact) mass is 305 g/mol. The lowest BCUT2D eigenvalue weighted by atomic mass is 10.1. The minimum Gasteiger partial charge on any atom is -0.373 e. The number of pyridine rings is 1. The van der Waals surface area contributed by atoms with Crippen LogP contribution in [0.4, 0.5) is 5.82 Å². The van der Waals surface area contributed by atoms with Crippen LogP contribution in [-0.2, 0) is 10.8 Å². The molecule has 0 aliphatic carbocycles. The van der Waals surface area contributed by atoms with Gasteiger partial charge in [-0.3, -0.25) is 9.00 Å². The van der Waals surface area contributed by atoms with Gasteiger partial charge < -0.3 is 10.6 Å². The van der Waals surface area contributed by atoms with E-state index >= 15 is 0 Å². The number of nitrogens with zero attached hydrogens (tertiary/aromatic N) is 1. The summed E-state index contributed by atoms with van der Waals surface area (Å²) in [6, 6.07) is 9.24. The van der Waals surface area contributed by atoms with Gasteiger partial charge in [0, 0.05) is 41.3 Å². The molecule has 0 bridgehead atoms. The van der Waals surface area contributed by atoms with Crippen LogP contribution in [0.3, 0.4) is 0 Å². The number of rotatable bonds is 5. The van der Waals surface area contributed by atoms with Gasteiger partial charge in [-0.15, -0.1) is 0 Å². The highest BCUT2D eigenvalue weighted by atomic mass is 32.2. The lowest BCUT2D eigenvalue weighted by Gasteiger charge is -2.12. The number of amides is 1. The number of para-hydroxylation sites is 1. The number of carbonyl (C=O) groups excluding carboxylic acids is 1. The number of benzene rings is 1. The molecule has 5 nitrogen and oxygen atoms in total. The number of nitrogens with one attached hydrogen (secondary N) is 2. The first-order chi connectivity index (χ1) is 10.0.